The van der Waals surface area contributed by atoms with Gasteiger partial charge >= 0.3 is 0 Å². The monoisotopic (exact) mass is 213 g/mol. The summed E-state index contributed by atoms with van der Waals surface area (Å²) >= 11 is 0. The molecule has 0 aromatic heterocycles. The summed E-state index contributed by atoms with van der Waals surface area (Å²) in [4.78, 5) is 0. The summed E-state index contributed by atoms with van der Waals surface area (Å²) in [6.07, 6.45) is 8.12. The molecule has 0 aromatic carbocycles. The van der Waals surface area contributed by atoms with Gasteiger partial charge in [-0.25, -0.2) is 0 Å². The Balaban J connectivity index is 4.34. The van der Waals surface area contributed by atoms with Gasteiger partial charge in [0, 0.05) is 6.54 Å². The molecule has 15 heavy (non-hydrogen) atoms. The van der Waals surface area contributed by atoms with Crippen LogP contribution in [0.1, 0.15) is 66.2 Å². The third kappa shape index (κ3) is 5.55. The first-order valence-corrected chi connectivity index (χ1v) is 6.78. The third-order valence-electron chi connectivity index (χ3n) is 3.84. The Morgan fingerprint density at radius 3 is 2.27 bits per heavy atom. The van der Waals surface area contributed by atoms with Crippen molar-refractivity contribution in [1.29, 1.82) is 0 Å². The van der Waals surface area contributed by atoms with Crippen LogP contribution in [0, 0.1) is 11.3 Å². The molecule has 0 heterocycles. The summed E-state index contributed by atoms with van der Waals surface area (Å²) in [7, 11) is 2.09. The van der Waals surface area contributed by atoms with E-state index in [0.717, 1.165) is 5.92 Å². The molecule has 0 amide bonds. The van der Waals surface area contributed by atoms with Crippen molar-refractivity contribution in [2.24, 2.45) is 11.3 Å². The van der Waals surface area contributed by atoms with E-state index in [1.54, 1.807) is 0 Å². The Bertz CT molecular complexity index is 144. The average molecular weight is 213 g/mol. The molecule has 0 fully saturated rings. The van der Waals surface area contributed by atoms with Crippen LogP contribution in [0.4, 0.5) is 0 Å². The zero-order valence-electron chi connectivity index (χ0n) is 11.5. The SMILES string of the molecule is CCCCC(CC)(CNC)CC(C)CC. The fraction of sp³-hybridized carbons (Fsp3) is 1.00. The molecule has 0 bridgehead atoms. The molecule has 0 aliphatic rings. The minimum absolute atomic E-state index is 0.556. The van der Waals surface area contributed by atoms with Crippen molar-refractivity contribution in [3.05, 3.63) is 0 Å². The highest BCUT2D eigenvalue weighted by Gasteiger charge is 2.28. The lowest BCUT2D eigenvalue weighted by atomic mass is 9.73. The standard InChI is InChI=1S/C14H31N/c1-6-9-10-14(8-3,12-15-5)11-13(4)7-2/h13,15H,6-12H2,1-5H3. The molecule has 0 radical (unpaired) electrons. The van der Waals surface area contributed by atoms with Crippen LogP contribution in [0.15, 0.2) is 0 Å². The van der Waals surface area contributed by atoms with Crippen molar-refractivity contribution in [3.8, 4) is 0 Å². The number of rotatable bonds is 9. The topological polar surface area (TPSA) is 12.0 Å². The molecule has 2 unspecified atom stereocenters. The Kier molecular flexibility index (Phi) is 8.13. The predicted octanol–water partition coefficient (Wildman–Crippen LogP) is 4.23. The van der Waals surface area contributed by atoms with Gasteiger partial charge < -0.3 is 5.32 Å². The van der Waals surface area contributed by atoms with Gasteiger partial charge in [-0.05, 0) is 37.6 Å². The van der Waals surface area contributed by atoms with Crippen LogP contribution in [0.25, 0.3) is 0 Å². The second-order valence-electron chi connectivity index (χ2n) is 5.20. The molecule has 0 saturated carbocycles. The van der Waals surface area contributed by atoms with Gasteiger partial charge in [0.05, 0.1) is 0 Å². The van der Waals surface area contributed by atoms with Gasteiger partial charge in [0.25, 0.3) is 0 Å². The van der Waals surface area contributed by atoms with Gasteiger partial charge in [-0.1, -0.05) is 47.0 Å². The molecule has 0 spiro atoms. The van der Waals surface area contributed by atoms with E-state index in [4.69, 9.17) is 0 Å². The lowest BCUT2D eigenvalue weighted by molar-refractivity contribution is 0.181. The molecule has 0 rings (SSSR count). The van der Waals surface area contributed by atoms with Crippen molar-refractivity contribution in [2.45, 2.75) is 66.2 Å². The quantitative estimate of drug-likeness (QED) is 0.604. The van der Waals surface area contributed by atoms with Crippen LogP contribution in [0.5, 0.6) is 0 Å². The normalized spacial score (nSPS) is 17.4. The summed E-state index contributed by atoms with van der Waals surface area (Å²) in [5, 5.41) is 3.40. The highest BCUT2D eigenvalue weighted by atomic mass is 14.8. The molecular formula is C14H31N. The fourth-order valence-corrected chi connectivity index (χ4v) is 2.52. The lowest BCUT2D eigenvalue weighted by Crippen LogP contribution is -2.33. The molecule has 92 valence electrons. The van der Waals surface area contributed by atoms with E-state index in [9.17, 15) is 0 Å². The molecule has 0 aliphatic carbocycles. The average Bonchev–Trinajstić information content (AvgIpc) is 2.26. The fourth-order valence-electron chi connectivity index (χ4n) is 2.52. The molecule has 1 nitrogen and oxygen atoms in total. The van der Waals surface area contributed by atoms with Crippen molar-refractivity contribution in [2.75, 3.05) is 13.6 Å². The van der Waals surface area contributed by atoms with E-state index >= 15 is 0 Å². The van der Waals surface area contributed by atoms with Crippen LogP contribution in [0.2, 0.25) is 0 Å². The predicted molar refractivity (Wildman–Crippen MR) is 70.2 cm³/mol. The van der Waals surface area contributed by atoms with Crippen LogP contribution in [-0.2, 0) is 0 Å². The second-order valence-corrected chi connectivity index (χ2v) is 5.20. The maximum atomic E-state index is 3.40. The minimum atomic E-state index is 0.556. The van der Waals surface area contributed by atoms with Crippen LogP contribution in [-0.4, -0.2) is 13.6 Å². The number of hydrogen-bond acceptors (Lipinski definition) is 1. The maximum Gasteiger partial charge on any atom is 0.000480 e. The minimum Gasteiger partial charge on any atom is -0.319 e. The van der Waals surface area contributed by atoms with Crippen molar-refractivity contribution in [3.63, 3.8) is 0 Å². The van der Waals surface area contributed by atoms with Crippen LogP contribution in [0.3, 0.4) is 0 Å². The molecule has 1 heteroatoms. The second kappa shape index (κ2) is 8.15. The zero-order valence-corrected chi connectivity index (χ0v) is 11.5. The Labute approximate surface area is 97.0 Å². The molecule has 0 saturated heterocycles. The first kappa shape index (κ1) is 15.0. The Morgan fingerprint density at radius 1 is 1.20 bits per heavy atom. The third-order valence-corrected chi connectivity index (χ3v) is 3.84. The van der Waals surface area contributed by atoms with Gasteiger partial charge in [0.2, 0.25) is 0 Å². The van der Waals surface area contributed by atoms with Crippen LogP contribution >= 0.6 is 0 Å². The number of nitrogens with one attached hydrogen (secondary N) is 1. The number of unbranched alkanes of at least 4 members (excludes halogenated alkanes) is 1. The molecule has 1 N–H and O–H groups in total. The van der Waals surface area contributed by atoms with Gasteiger partial charge in [0.1, 0.15) is 0 Å². The highest BCUT2D eigenvalue weighted by Crippen LogP contribution is 2.36. The van der Waals surface area contributed by atoms with Gasteiger partial charge in [0.15, 0.2) is 0 Å². The van der Waals surface area contributed by atoms with Crippen LogP contribution < -0.4 is 5.32 Å². The maximum absolute atomic E-state index is 3.40. The van der Waals surface area contributed by atoms with E-state index in [0.29, 0.717) is 5.41 Å². The summed E-state index contributed by atoms with van der Waals surface area (Å²) in [6, 6.07) is 0. The van der Waals surface area contributed by atoms with E-state index in [1.165, 1.54) is 45.1 Å². The summed E-state index contributed by atoms with van der Waals surface area (Å²) in [5.41, 5.74) is 0.556. The lowest BCUT2D eigenvalue weighted by Gasteiger charge is -2.35. The van der Waals surface area contributed by atoms with E-state index in [2.05, 4.69) is 40.1 Å². The summed E-state index contributed by atoms with van der Waals surface area (Å²) < 4.78 is 0. The first-order valence-electron chi connectivity index (χ1n) is 6.78. The molecule has 0 aromatic rings. The zero-order chi connectivity index (χ0) is 11.7. The Hall–Kier alpha value is -0.0400. The Morgan fingerprint density at radius 2 is 1.87 bits per heavy atom. The van der Waals surface area contributed by atoms with Gasteiger partial charge in [-0.3, -0.25) is 0 Å². The largest absolute Gasteiger partial charge is 0.319 e. The van der Waals surface area contributed by atoms with E-state index in [1.807, 2.05) is 0 Å². The number of hydrogen-bond donors (Lipinski definition) is 1. The van der Waals surface area contributed by atoms with E-state index < -0.39 is 0 Å². The van der Waals surface area contributed by atoms with Crippen molar-refractivity contribution >= 4 is 0 Å². The first-order chi connectivity index (χ1) is 7.14. The van der Waals surface area contributed by atoms with Crippen molar-refractivity contribution in [1.82, 2.24) is 5.32 Å². The summed E-state index contributed by atoms with van der Waals surface area (Å²) in [6.45, 7) is 10.5. The smallest absolute Gasteiger partial charge is 0.000480 e. The molecule has 0 aliphatic heterocycles. The van der Waals surface area contributed by atoms with Gasteiger partial charge in [-0.15, -0.1) is 0 Å². The highest BCUT2D eigenvalue weighted by molar-refractivity contribution is 4.81. The van der Waals surface area contributed by atoms with Gasteiger partial charge in [-0.2, -0.15) is 0 Å². The summed E-state index contributed by atoms with van der Waals surface area (Å²) in [5.74, 6) is 0.871. The molecular weight excluding hydrogens is 182 g/mol. The van der Waals surface area contributed by atoms with Crippen molar-refractivity contribution < 1.29 is 0 Å². The molecule has 2 atom stereocenters. The van der Waals surface area contributed by atoms with E-state index in [-0.39, 0.29) is 0 Å².